The van der Waals surface area contributed by atoms with Gasteiger partial charge in [-0.15, -0.1) is 0 Å². The lowest BCUT2D eigenvalue weighted by molar-refractivity contribution is -0.938. The molecule has 1 aromatic rings. The van der Waals surface area contributed by atoms with Gasteiger partial charge in [0.2, 0.25) is 0 Å². The first-order valence-electron chi connectivity index (χ1n) is 8.79. The molecule has 5 heteroatoms. The number of likely N-dealkylation sites (tertiary alicyclic amines) is 1. The number of nitrogens with zero attached hydrogens (tertiary/aromatic N) is 1. The van der Waals surface area contributed by atoms with Crippen molar-refractivity contribution >= 4 is 0 Å². The first kappa shape index (κ1) is 17.1. The lowest BCUT2D eigenvalue weighted by Crippen LogP contribution is -3.15. The molecule has 0 aromatic heterocycles. The molecule has 1 aromatic carbocycles. The number of hydrogen-bond donors (Lipinski definition) is 2. The van der Waals surface area contributed by atoms with Crippen LogP contribution in [0.3, 0.4) is 0 Å². The van der Waals surface area contributed by atoms with Gasteiger partial charge < -0.3 is 19.5 Å². The van der Waals surface area contributed by atoms with Gasteiger partial charge in [0.25, 0.3) is 0 Å². The second-order valence-corrected chi connectivity index (χ2v) is 7.03. The molecule has 1 saturated heterocycles. The van der Waals surface area contributed by atoms with Crippen molar-refractivity contribution in [3.8, 4) is 17.6 Å². The molecule has 1 unspecified atom stereocenters. The summed E-state index contributed by atoms with van der Waals surface area (Å²) in [4.78, 5) is 1.22. The summed E-state index contributed by atoms with van der Waals surface area (Å²) < 4.78 is 11.0. The number of nitrogens with one attached hydrogen (secondary N) is 1. The number of quaternary nitrogens is 1. The highest BCUT2D eigenvalue weighted by Crippen LogP contribution is 2.46. The van der Waals surface area contributed by atoms with E-state index in [-0.39, 0.29) is 12.0 Å². The van der Waals surface area contributed by atoms with Crippen molar-refractivity contribution in [2.24, 2.45) is 5.92 Å². The van der Waals surface area contributed by atoms with E-state index in [4.69, 9.17) is 9.47 Å². The van der Waals surface area contributed by atoms with Crippen LogP contribution in [0.15, 0.2) is 18.2 Å². The van der Waals surface area contributed by atoms with Gasteiger partial charge in [-0.3, -0.25) is 0 Å². The molecule has 2 fully saturated rings. The molecule has 2 N–H and O–H groups in total. The van der Waals surface area contributed by atoms with E-state index in [0.29, 0.717) is 6.54 Å². The van der Waals surface area contributed by atoms with Crippen LogP contribution >= 0.6 is 0 Å². The average molecular weight is 331 g/mol. The summed E-state index contributed by atoms with van der Waals surface area (Å²) in [5, 5.41) is 20.5. The summed E-state index contributed by atoms with van der Waals surface area (Å²) in [6.07, 6.45) is 4.85. The first-order chi connectivity index (χ1) is 11.6. The van der Waals surface area contributed by atoms with Gasteiger partial charge in [0.15, 0.2) is 6.54 Å². The Kier molecular flexibility index (Phi) is 4.98. The van der Waals surface area contributed by atoms with E-state index in [1.807, 2.05) is 18.2 Å². The Balaban J connectivity index is 2.07. The first-order valence-corrected chi connectivity index (χ1v) is 8.79. The maximum atomic E-state index is 11.2. The number of nitriles is 1. The monoisotopic (exact) mass is 331 g/mol. The smallest absolute Gasteiger partial charge is 0.165 e. The van der Waals surface area contributed by atoms with Gasteiger partial charge in [0.05, 0.1) is 31.9 Å². The Bertz CT molecular complexity index is 628. The summed E-state index contributed by atoms with van der Waals surface area (Å²) in [7, 11) is 3.33. The number of ether oxygens (including phenoxy) is 2. The molecule has 5 nitrogen and oxygen atoms in total. The normalized spacial score (nSPS) is 32.5. The second kappa shape index (κ2) is 7.00. The molecule has 1 saturated carbocycles. The topological polar surface area (TPSA) is 66.9 Å². The van der Waals surface area contributed by atoms with Crippen LogP contribution in [0.1, 0.15) is 43.7 Å². The highest BCUT2D eigenvalue weighted by Gasteiger charge is 2.52. The average Bonchev–Trinajstić information content (AvgIpc) is 2.61. The maximum absolute atomic E-state index is 11.2. The molecule has 2 aliphatic rings. The minimum absolute atomic E-state index is 0.0637. The Morgan fingerprint density at radius 2 is 2.12 bits per heavy atom. The number of methoxy groups -OCH3 is 2. The minimum atomic E-state index is -0.615. The summed E-state index contributed by atoms with van der Waals surface area (Å²) in [5.74, 6) is 1.75. The van der Waals surface area contributed by atoms with E-state index in [2.05, 4.69) is 6.07 Å². The van der Waals surface area contributed by atoms with Crippen LogP contribution < -0.4 is 14.4 Å². The fourth-order valence-corrected chi connectivity index (χ4v) is 4.67. The highest BCUT2D eigenvalue weighted by molar-refractivity contribution is 5.42. The summed E-state index contributed by atoms with van der Waals surface area (Å²) in [6, 6.07) is 8.22. The Hall–Kier alpha value is -1.77. The molecule has 24 heavy (non-hydrogen) atoms. The number of aliphatic hydroxyl groups is 1. The lowest BCUT2D eigenvalue weighted by atomic mass is 9.66. The lowest BCUT2D eigenvalue weighted by Gasteiger charge is -2.49. The van der Waals surface area contributed by atoms with Gasteiger partial charge >= 0.3 is 0 Å². The molecule has 0 amide bonds. The SMILES string of the molecule is COc1ccc(OC)c([C@@H]2[C@H]3CCCC[C@]3(O)CC[NH+]2CC#N)c1. The molecule has 4 atom stereocenters. The number of rotatable bonds is 4. The van der Waals surface area contributed by atoms with E-state index in [9.17, 15) is 10.4 Å². The fourth-order valence-electron chi connectivity index (χ4n) is 4.67. The number of piperidine rings is 1. The van der Waals surface area contributed by atoms with Gasteiger partial charge in [-0.1, -0.05) is 12.8 Å². The summed E-state index contributed by atoms with van der Waals surface area (Å²) >= 11 is 0. The quantitative estimate of drug-likeness (QED) is 0.820. The number of fused-ring (bicyclic) bond motifs is 1. The van der Waals surface area contributed by atoms with Gasteiger partial charge in [-0.2, -0.15) is 5.26 Å². The van der Waals surface area contributed by atoms with E-state index in [0.717, 1.165) is 55.7 Å². The van der Waals surface area contributed by atoms with Crippen molar-refractivity contribution in [3.63, 3.8) is 0 Å². The van der Waals surface area contributed by atoms with Gasteiger partial charge in [-0.05, 0) is 31.0 Å². The molecule has 1 aliphatic carbocycles. The molecule has 1 aliphatic heterocycles. The second-order valence-electron chi connectivity index (χ2n) is 7.03. The van der Waals surface area contributed by atoms with Crippen LogP contribution in [0.25, 0.3) is 0 Å². The largest absolute Gasteiger partial charge is 0.497 e. The zero-order valence-corrected chi connectivity index (χ0v) is 14.5. The number of benzene rings is 1. The van der Waals surface area contributed by atoms with Crippen molar-refractivity contribution in [3.05, 3.63) is 23.8 Å². The van der Waals surface area contributed by atoms with Crippen molar-refractivity contribution in [2.45, 2.75) is 43.7 Å². The van der Waals surface area contributed by atoms with Crippen LogP contribution in [0.5, 0.6) is 11.5 Å². The van der Waals surface area contributed by atoms with E-state index in [1.54, 1.807) is 14.2 Å². The summed E-state index contributed by atoms with van der Waals surface area (Å²) in [6.45, 7) is 1.25. The van der Waals surface area contributed by atoms with Crippen LogP contribution in [-0.2, 0) is 0 Å². The minimum Gasteiger partial charge on any atom is -0.497 e. The van der Waals surface area contributed by atoms with Crippen molar-refractivity contribution in [2.75, 3.05) is 27.3 Å². The zero-order chi connectivity index (χ0) is 17.2. The Morgan fingerprint density at radius 3 is 2.83 bits per heavy atom. The molecule has 3 rings (SSSR count). The molecule has 0 radical (unpaired) electrons. The fraction of sp³-hybridized carbons (Fsp3) is 0.632. The standard InChI is InChI=1S/C19H26N2O3/c1-23-14-6-7-17(24-2)15(13-14)18-16-5-3-4-8-19(16,22)9-11-21(18)12-10-20/h6-7,13,16,18,22H,3-5,8-9,11-12H2,1-2H3/p+1/t16-,18-,19+/m1/s1. The number of hydrogen-bond acceptors (Lipinski definition) is 4. The van der Waals surface area contributed by atoms with Crippen LogP contribution in [0.4, 0.5) is 0 Å². The Labute approximate surface area is 143 Å². The maximum Gasteiger partial charge on any atom is 0.165 e. The zero-order valence-electron chi connectivity index (χ0n) is 14.5. The van der Waals surface area contributed by atoms with Gasteiger partial charge in [-0.25, -0.2) is 0 Å². The third-order valence-corrected chi connectivity index (χ3v) is 5.86. The van der Waals surface area contributed by atoms with Crippen LogP contribution in [-0.4, -0.2) is 38.0 Å². The molecule has 130 valence electrons. The predicted octanol–water partition coefficient (Wildman–Crippen LogP) is 1.48. The van der Waals surface area contributed by atoms with E-state index in [1.165, 1.54) is 4.90 Å². The predicted molar refractivity (Wildman–Crippen MR) is 90.1 cm³/mol. The molecule has 0 bridgehead atoms. The van der Waals surface area contributed by atoms with Crippen molar-refractivity contribution in [1.82, 2.24) is 0 Å². The molecular formula is C19H27N2O3+. The molecule has 0 spiro atoms. The molecule has 1 heterocycles. The van der Waals surface area contributed by atoms with Gasteiger partial charge in [0, 0.05) is 12.3 Å². The van der Waals surface area contributed by atoms with Crippen LogP contribution in [0, 0.1) is 17.2 Å². The van der Waals surface area contributed by atoms with Crippen LogP contribution in [0.2, 0.25) is 0 Å². The third kappa shape index (κ3) is 2.97. The Morgan fingerprint density at radius 1 is 1.29 bits per heavy atom. The van der Waals surface area contributed by atoms with Crippen molar-refractivity contribution < 1.29 is 19.5 Å². The highest BCUT2D eigenvalue weighted by atomic mass is 16.5. The van der Waals surface area contributed by atoms with Gasteiger partial charge in [0.1, 0.15) is 23.6 Å². The summed E-state index contributed by atoms with van der Waals surface area (Å²) in [5.41, 5.74) is 0.433. The van der Waals surface area contributed by atoms with Crippen molar-refractivity contribution in [1.29, 1.82) is 5.26 Å². The molecular weight excluding hydrogens is 304 g/mol. The third-order valence-electron chi connectivity index (χ3n) is 5.86. The van der Waals surface area contributed by atoms with E-state index >= 15 is 0 Å². The van der Waals surface area contributed by atoms with E-state index < -0.39 is 5.60 Å².